The van der Waals surface area contributed by atoms with Gasteiger partial charge in [0.1, 0.15) is 0 Å². The van der Waals surface area contributed by atoms with Gasteiger partial charge in [0.25, 0.3) is 0 Å². The second kappa shape index (κ2) is 4.39. The maximum atomic E-state index is 6.34. The third kappa shape index (κ3) is 1.90. The number of halogens is 1. The third-order valence-electron chi connectivity index (χ3n) is 4.30. The molecule has 0 aromatic heterocycles. The number of likely N-dealkylation sites (N-methyl/N-ethyl adjacent to an activating group) is 1. The van der Waals surface area contributed by atoms with E-state index < -0.39 is 0 Å². The summed E-state index contributed by atoms with van der Waals surface area (Å²) in [6, 6.07) is 8.37. The SMILES string of the molecule is CC1CC2(CN=C(N)N2c2ccccc2Cl)CN1C. The van der Waals surface area contributed by atoms with Crippen molar-refractivity contribution in [3.63, 3.8) is 0 Å². The van der Waals surface area contributed by atoms with E-state index in [1.54, 1.807) is 0 Å². The van der Waals surface area contributed by atoms with Crippen LogP contribution in [0.2, 0.25) is 5.02 Å². The van der Waals surface area contributed by atoms with Crippen LogP contribution in [0.1, 0.15) is 13.3 Å². The highest BCUT2D eigenvalue weighted by Gasteiger charge is 2.50. The van der Waals surface area contributed by atoms with E-state index in [4.69, 9.17) is 17.3 Å². The molecule has 4 nitrogen and oxygen atoms in total. The zero-order valence-corrected chi connectivity index (χ0v) is 12.1. The van der Waals surface area contributed by atoms with Crippen molar-refractivity contribution >= 4 is 23.2 Å². The van der Waals surface area contributed by atoms with Crippen LogP contribution < -0.4 is 10.6 Å². The van der Waals surface area contributed by atoms with Gasteiger partial charge in [0, 0.05) is 12.6 Å². The second-order valence-corrected chi connectivity index (χ2v) is 6.06. The van der Waals surface area contributed by atoms with Gasteiger partial charge in [-0.15, -0.1) is 0 Å². The number of benzene rings is 1. The summed E-state index contributed by atoms with van der Waals surface area (Å²) >= 11 is 6.34. The van der Waals surface area contributed by atoms with Gasteiger partial charge in [-0.1, -0.05) is 23.7 Å². The number of likely N-dealkylation sites (tertiary alicyclic amines) is 1. The van der Waals surface area contributed by atoms with Gasteiger partial charge in [-0.05, 0) is 32.5 Å². The Morgan fingerprint density at radius 3 is 2.79 bits per heavy atom. The molecule has 0 saturated carbocycles. The molecule has 1 fully saturated rings. The lowest BCUT2D eigenvalue weighted by atomic mass is 9.94. The predicted octanol–water partition coefficient (Wildman–Crippen LogP) is 1.94. The summed E-state index contributed by atoms with van der Waals surface area (Å²) in [6.45, 7) is 3.95. The molecule has 1 aromatic rings. The number of hydrogen-bond acceptors (Lipinski definition) is 4. The summed E-state index contributed by atoms with van der Waals surface area (Å²) in [4.78, 5) is 8.97. The molecule has 2 aliphatic heterocycles. The average molecular weight is 279 g/mol. The molecular weight excluding hydrogens is 260 g/mol. The Balaban J connectivity index is 2.03. The van der Waals surface area contributed by atoms with Crippen molar-refractivity contribution in [1.29, 1.82) is 0 Å². The van der Waals surface area contributed by atoms with Crippen molar-refractivity contribution in [3.8, 4) is 0 Å². The van der Waals surface area contributed by atoms with Gasteiger partial charge < -0.3 is 15.5 Å². The largest absolute Gasteiger partial charge is 0.369 e. The minimum atomic E-state index is -0.0384. The number of hydrogen-bond donors (Lipinski definition) is 1. The molecule has 1 saturated heterocycles. The van der Waals surface area contributed by atoms with E-state index in [0.29, 0.717) is 12.0 Å². The van der Waals surface area contributed by atoms with Crippen LogP contribution in [0.15, 0.2) is 29.3 Å². The highest BCUT2D eigenvalue weighted by atomic mass is 35.5. The predicted molar refractivity (Wildman–Crippen MR) is 79.9 cm³/mol. The number of anilines is 1. The molecule has 2 atom stereocenters. The van der Waals surface area contributed by atoms with E-state index in [-0.39, 0.29) is 5.54 Å². The normalized spacial score (nSPS) is 31.2. The third-order valence-corrected chi connectivity index (χ3v) is 4.62. The van der Waals surface area contributed by atoms with Crippen LogP contribution in [-0.2, 0) is 0 Å². The van der Waals surface area contributed by atoms with Crippen molar-refractivity contribution in [2.24, 2.45) is 10.7 Å². The van der Waals surface area contributed by atoms with Gasteiger partial charge in [0.15, 0.2) is 5.96 Å². The average Bonchev–Trinajstić information content (AvgIpc) is 2.82. The molecule has 0 amide bonds. The summed E-state index contributed by atoms with van der Waals surface area (Å²) in [6.07, 6.45) is 1.05. The minimum Gasteiger partial charge on any atom is -0.369 e. The first-order valence-electron chi connectivity index (χ1n) is 6.58. The molecule has 0 radical (unpaired) electrons. The highest BCUT2D eigenvalue weighted by Crippen LogP contribution is 2.40. The van der Waals surface area contributed by atoms with Crippen molar-refractivity contribution in [3.05, 3.63) is 29.3 Å². The Morgan fingerprint density at radius 1 is 1.42 bits per heavy atom. The van der Waals surface area contributed by atoms with Crippen LogP contribution in [0, 0.1) is 0 Å². The Kier molecular flexibility index (Phi) is 2.95. The van der Waals surface area contributed by atoms with Gasteiger partial charge in [0.2, 0.25) is 0 Å². The van der Waals surface area contributed by atoms with Gasteiger partial charge in [-0.25, -0.2) is 0 Å². The Labute approximate surface area is 118 Å². The first-order valence-corrected chi connectivity index (χ1v) is 6.96. The number of nitrogens with two attached hydrogens (primary N) is 1. The first kappa shape index (κ1) is 12.8. The van der Waals surface area contributed by atoms with E-state index in [1.165, 1.54) is 0 Å². The molecule has 0 aliphatic carbocycles. The fourth-order valence-electron chi connectivity index (χ4n) is 3.29. The highest BCUT2D eigenvalue weighted by molar-refractivity contribution is 6.34. The van der Waals surface area contributed by atoms with Gasteiger partial charge in [-0.2, -0.15) is 0 Å². The number of nitrogens with zero attached hydrogens (tertiary/aromatic N) is 3. The van der Waals surface area contributed by atoms with Crippen LogP contribution in [0.25, 0.3) is 0 Å². The molecule has 19 heavy (non-hydrogen) atoms. The lowest BCUT2D eigenvalue weighted by Gasteiger charge is -2.36. The standard InChI is InChI=1S/C14H19ClN4/c1-10-7-14(9-18(10)2)8-17-13(16)19(14)12-6-4-3-5-11(12)15/h3-6,10H,7-9H2,1-2H3,(H2,16,17). The molecule has 2 unspecified atom stereocenters. The Bertz CT molecular complexity index is 518. The molecule has 1 spiro atoms. The lowest BCUT2D eigenvalue weighted by molar-refractivity contribution is 0.322. The monoisotopic (exact) mass is 278 g/mol. The lowest BCUT2D eigenvalue weighted by Crippen LogP contribution is -2.53. The number of aliphatic imine (C=N–C) groups is 1. The zero-order chi connectivity index (χ0) is 13.6. The van der Waals surface area contributed by atoms with Crippen molar-refractivity contribution in [2.45, 2.75) is 24.9 Å². The van der Waals surface area contributed by atoms with E-state index in [0.717, 1.165) is 30.2 Å². The van der Waals surface area contributed by atoms with Crippen LogP contribution >= 0.6 is 11.6 Å². The van der Waals surface area contributed by atoms with Crippen molar-refractivity contribution < 1.29 is 0 Å². The molecule has 2 N–H and O–H groups in total. The van der Waals surface area contributed by atoms with Gasteiger partial charge in [0.05, 0.1) is 22.8 Å². The summed E-state index contributed by atoms with van der Waals surface area (Å²) < 4.78 is 0. The number of rotatable bonds is 1. The van der Waals surface area contributed by atoms with Crippen LogP contribution in [0.5, 0.6) is 0 Å². The maximum Gasteiger partial charge on any atom is 0.196 e. The topological polar surface area (TPSA) is 44.9 Å². The van der Waals surface area contributed by atoms with Crippen molar-refractivity contribution in [1.82, 2.24) is 4.90 Å². The summed E-state index contributed by atoms with van der Waals surface area (Å²) in [5, 5.41) is 0.726. The molecule has 102 valence electrons. The second-order valence-electron chi connectivity index (χ2n) is 5.65. The minimum absolute atomic E-state index is 0.0384. The van der Waals surface area contributed by atoms with E-state index in [2.05, 4.69) is 28.8 Å². The van der Waals surface area contributed by atoms with Crippen LogP contribution in [-0.4, -0.2) is 42.6 Å². The summed E-state index contributed by atoms with van der Waals surface area (Å²) in [7, 11) is 2.15. The first-order chi connectivity index (χ1) is 9.03. The number of guanidine groups is 1. The maximum absolute atomic E-state index is 6.34. The van der Waals surface area contributed by atoms with Crippen molar-refractivity contribution in [2.75, 3.05) is 25.0 Å². The molecule has 5 heteroatoms. The smallest absolute Gasteiger partial charge is 0.196 e. The van der Waals surface area contributed by atoms with Gasteiger partial charge >= 0.3 is 0 Å². The number of para-hydroxylation sites is 1. The van der Waals surface area contributed by atoms with Crippen LogP contribution in [0.3, 0.4) is 0 Å². The van der Waals surface area contributed by atoms with E-state index >= 15 is 0 Å². The van der Waals surface area contributed by atoms with Gasteiger partial charge in [-0.3, -0.25) is 4.99 Å². The Morgan fingerprint density at radius 2 is 2.16 bits per heavy atom. The van der Waals surface area contributed by atoms with Crippen LogP contribution in [0.4, 0.5) is 5.69 Å². The molecular formula is C14H19ClN4. The molecule has 2 heterocycles. The quantitative estimate of drug-likeness (QED) is 0.854. The zero-order valence-electron chi connectivity index (χ0n) is 11.3. The fourth-order valence-corrected chi connectivity index (χ4v) is 3.51. The van der Waals surface area contributed by atoms with E-state index in [9.17, 15) is 0 Å². The molecule has 1 aromatic carbocycles. The fraction of sp³-hybridized carbons (Fsp3) is 0.500. The Hall–Kier alpha value is -1.26. The molecule has 2 aliphatic rings. The molecule has 3 rings (SSSR count). The summed E-state index contributed by atoms with van der Waals surface area (Å²) in [5.41, 5.74) is 7.05. The van der Waals surface area contributed by atoms with E-state index in [1.807, 2.05) is 24.3 Å². The molecule has 0 bridgehead atoms. The summed E-state index contributed by atoms with van der Waals surface area (Å²) in [5.74, 6) is 0.579.